The van der Waals surface area contributed by atoms with Crippen molar-refractivity contribution >= 4 is 0 Å². The number of hydrogen-bond acceptors (Lipinski definition) is 0. The van der Waals surface area contributed by atoms with Gasteiger partial charge in [-0.25, -0.2) is 0 Å². The molecule has 0 aliphatic heterocycles. The van der Waals surface area contributed by atoms with Crippen LogP contribution in [0.15, 0.2) is 56.9 Å². The van der Waals surface area contributed by atoms with Crippen LogP contribution in [0.4, 0.5) is 0 Å². The first kappa shape index (κ1) is 22.7. The summed E-state index contributed by atoms with van der Waals surface area (Å²) in [6.45, 7) is 9.11. The van der Waals surface area contributed by atoms with E-state index in [1.54, 1.807) is 22.3 Å². The van der Waals surface area contributed by atoms with Crippen molar-refractivity contribution in [3.8, 4) is 11.1 Å². The third-order valence-corrected chi connectivity index (χ3v) is 9.97. The smallest absolute Gasteiger partial charge is 1.00 e. The Morgan fingerprint density at radius 1 is 0.852 bits per heavy atom. The largest absolute Gasteiger partial charge is 1.00 e. The van der Waals surface area contributed by atoms with E-state index in [0.717, 1.165) is 0 Å². The number of allylic oxidation sites excluding steroid dienone is 4. The zero-order valence-corrected chi connectivity index (χ0v) is 20.5. The summed E-state index contributed by atoms with van der Waals surface area (Å²) >= 11 is -0.701. The van der Waals surface area contributed by atoms with Gasteiger partial charge in [-0.15, -0.1) is 0 Å². The van der Waals surface area contributed by atoms with Gasteiger partial charge in [0.05, 0.1) is 0 Å². The molecule has 2 aromatic rings. The molecule has 2 aliphatic carbocycles. The average molecular weight is 477 g/mol. The van der Waals surface area contributed by atoms with E-state index in [9.17, 15) is 0 Å². The summed E-state index contributed by atoms with van der Waals surface area (Å²) < 4.78 is 2.53. The molecule has 0 nitrogen and oxygen atoms in total. The normalized spacial score (nSPS) is 14.7. The van der Waals surface area contributed by atoms with Crippen LogP contribution in [-0.4, -0.2) is 0 Å². The van der Waals surface area contributed by atoms with Crippen LogP contribution in [-0.2, 0) is 23.2 Å². The maximum absolute atomic E-state index is 2.51. The summed E-state index contributed by atoms with van der Waals surface area (Å²) in [5, 5.41) is 0. The van der Waals surface area contributed by atoms with E-state index >= 15 is 0 Å². The number of benzene rings is 2. The van der Waals surface area contributed by atoms with Crippen LogP contribution in [0.3, 0.4) is 0 Å². The van der Waals surface area contributed by atoms with Gasteiger partial charge < -0.3 is 24.8 Å². The Balaban J connectivity index is 0.00000131. The van der Waals surface area contributed by atoms with Crippen LogP contribution >= 0.6 is 0 Å². The summed E-state index contributed by atoms with van der Waals surface area (Å²) in [5.41, 5.74) is 12.3. The predicted octanol–water partition coefficient (Wildman–Crippen LogP) is 0.868. The molecule has 0 saturated heterocycles. The van der Waals surface area contributed by atoms with E-state index in [-0.39, 0.29) is 24.8 Å². The molecule has 0 spiro atoms. The molecule has 2 aliphatic rings. The number of fused-ring (bicyclic) bond motifs is 3. The fraction of sp³-hybridized carbons (Fsp3) is 0.333. The number of aryl methyl sites for hydroxylation is 2. The minimum Gasteiger partial charge on any atom is -1.00 e. The molecule has 0 aromatic heterocycles. The molecule has 0 fully saturated rings. The van der Waals surface area contributed by atoms with Gasteiger partial charge in [0.1, 0.15) is 0 Å². The van der Waals surface area contributed by atoms with Crippen molar-refractivity contribution in [3.05, 3.63) is 79.2 Å². The van der Waals surface area contributed by atoms with E-state index in [2.05, 4.69) is 70.2 Å². The SMILES string of the molecule is CCC1=CC(CC)=[C]([Zr+2][CH]2c3cc(C)ccc3-c3ccc(C)cc32)C1.[Cl-].[Cl-]. The fourth-order valence-corrected chi connectivity index (χ4v) is 8.91. The predicted molar refractivity (Wildman–Crippen MR) is 104 cm³/mol. The van der Waals surface area contributed by atoms with Gasteiger partial charge in [0, 0.05) is 0 Å². The molecule has 0 heterocycles. The molecule has 4 rings (SSSR count). The first-order valence-electron chi connectivity index (χ1n) is 9.50. The minimum absolute atomic E-state index is 0. The first-order chi connectivity index (χ1) is 12.1. The second-order valence-corrected chi connectivity index (χ2v) is 11.1. The second-order valence-electron chi connectivity index (χ2n) is 7.45. The van der Waals surface area contributed by atoms with Gasteiger partial charge in [-0.05, 0) is 0 Å². The van der Waals surface area contributed by atoms with Gasteiger partial charge in [-0.2, -0.15) is 0 Å². The van der Waals surface area contributed by atoms with E-state index in [1.165, 1.54) is 41.5 Å². The van der Waals surface area contributed by atoms with Crippen LogP contribution < -0.4 is 24.8 Å². The number of hydrogen-bond donors (Lipinski definition) is 0. The summed E-state index contributed by atoms with van der Waals surface area (Å²) in [4.78, 5) is 0. The van der Waals surface area contributed by atoms with Crippen molar-refractivity contribution in [2.24, 2.45) is 0 Å². The standard InChI is InChI=1S/C15H13.C9H13.2ClH.Zr/c1-10-3-5-14-12(7-10)9-13-8-11(2)4-6-15(13)14;1-3-8-5-6-9(4-2)7-8;;;/h3-9H,1-2H3;7H,3-5H2,1-2H3;2*1H;/q;;;;+2/p-2. The Hall–Kier alpha value is -0.617. The minimum atomic E-state index is -0.701. The molecule has 140 valence electrons. The molecule has 0 atom stereocenters. The van der Waals surface area contributed by atoms with Crippen molar-refractivity contribution in [2.75, 3.05) is 0 Å². The maximum Gasteiger partial charge on any atom is -1.00 e. The molecule has 0 bridgehead atoms. The zero-order chi connectivity index (χ0) is 17.6. The van der Waals surface area contributed by atoms with Gasteiger partial charge in [0.15, 0.2) is 0 Å². The van der Waals surface area contributed by atoms with Gasteiger partial charge in [-0.1, -0.05) is 0 Å². The fourth-order valence-electron chi connectivity index (χ4n) is 4.24. The molecule has 0 amide bonds. The molecule has 2 aromatic carbocycles. The van der Waals surface area contributed by atoms with Gasteiger partial charge in [-0.3, -0.25) is 0 Å². The van der Waals surface area contributed by atoms with Gasteiger partial charge in [0.25, 0.3) is 0 Å². The quantitative estimate of drug-likeness (QED) is 0.615. The third kappa shape index (κ3) is 4.21. The molecule has 0 radical (unpaired) electrons. The van der Waals surface area contributed by atoms with Crippen molar-refractivity contribution in [1.82, 2.24) is 0 Å². The average Bonchev–Trinajstić information content (AvgIpc) is 3.14. The topological polar surface area (TPSA) is 0 Å². The van der Waals surface area contributed by atoms with E-state index in [0.29, 0.717) is 3.63 Å². The van der Waals surface area contributed by atoms with Gasteiger partial charge in [0.2, 0.25) is 0 Å². The number of rotatable bonds is 4. The van der Waals surface area contributed by atoms with Crippen LogP contribution in [0.2, 0.25) is 0 Å². The molecular weight excluding hydrogens is 450 g/mol. The van der Waals surface area contributed by atoms with E-state index in [1.807, 2.05) is 3.28 Å². The summed E-state index contributed by atoms with van der Waals surface area (Å²) in [6, 6.07) is 14.2. The van der Waals surface area contributed by atoms with Crippen molar-refractivity contribution in [1.29, 1.82) is 0 Å². The first-order valence-corrected chi connectivity index (χ1v) is 12.1. The molecule has 0 saturated carbocycles. The summed E-state index contributed by atoms with van der Waals surface area (Å²) in [7, 11) is 0. The molecule has 3 heteroatoms. The Morgan fingerprint density at radius 2 is 1.41 bits per heavy atom. The maximum atomic E-state index is 2.51. The monoisotopic (exact) mass is 474 g/mol. The van der Waals surface area contributed by atoms with Crippen LogP contribution in [0.5, 0.6) is 0 Å². The second kappa shape index (κ2) is 9.25. The number of halogens is 2. The molecule has 27 heavy (non-hydrogen) atoms. The molecule has 0 unspecified atom stereocenters. The van der Waals surface area contributed by atoms with Crippen molar-refractivity contribution < 1.29 is 48.0 Å². The molecular formula is C24H26Cl2Zr. The van der Waals surface area contributed by atoms with Crippen LogP contribution in [0, 0.1) is 13.8 Å². The van der Waals surface area contributed by atoms with Crippen LogP contribution in [0.25, 0.3) is 11.1 Å². The summed E-state index contributed by atoms with van der Waals surface area (Å²) in [5.74, 6) is 0. The van der Waals surface area contributed by atoms with Crippen molar-refractivity contribution in [2.45, 2.75) is 50.6 Å². The van der Waals surface area contributed by atoms with Crippen LogP contribution in [0.1, 0.15) is 59.0 Å². The van der Waals surface area contributed by atoms with E-state index in [4.69, 9.17) is 0 Å². The summed E-state index contributed by atoms with van der Waals surface area (Å²) in [6.07, 6.45) is 6.19. The zero-order valence-electron chi connectivity index (χ0n) is 16.5. The Labute approximate surface area is 187 Å². The Kier molecular flexibility index (Phi) is 7.77. The third-order valence-electron chi connectivity index (χ3n) is 5.65. The Bertz CT molecular complexity index is 857. The van der Waals surface area contributed by atoms with E-state index < -0.39 is 23.2 Å². The van der Waals surface area contributed by atoms with Crippen molar-refractivity contribution in [3.63, 3.8) is 0 Å². The molecule has 0 N–H and O–H groups in total. The van der Waals surface area contributed by atoms with Gasteiger partial charge >= 0.3 is 164 Å². The Morgan fingerprint density at radius 3 is 1.89 bits per heavy atom.